The molecule has 118 valence electrons. The monoisotopic (exact) mass is 310 g/mol. The van der Waals surface area contributed by atoms with Crippen molar-refractivity contribution >= 4 is 5.96 Å². The summed E-state index contributed by atoms with van der Waals surface area (Å²) in [5, 5.41) is 10.7. The summed E-state index contributed by atoms with van der Waals surface area (Å²) >= 11 is 0. The molecule has 3 rings (SSSR count). The molecule has 0 saturated carbocycles. The smallest absolute Gasteiger partial charge is 0.191 e. The normalized spacial score (nSPS) is 11.4. The molecule has 0 amide bonds. The molecule has 0 spiro atoms. The number of guanidine groups is 1. The third-order valence-corrected chi connectivity index (χ3v) is 3.27. The van der Waals surface area contributed by atoms with E-state index in [-0.39, 0.29) is 0 Å². The number of furan rings is 1. The molecule has 23 heavy (non-hydrogen) atoms. The molecule has 0 aliphatic rings. The first-order chi connectivity index (χ1) is 11.4. The van der Waals surface area contributed by atoms with Crippen molar-refractivity contribution in [1.82, 2.24) is 25.4 Å². The van der Waals surface area contributed by atoms with Crippen LogP contribution in [0.3, 0.4) is 0 Å². The molecule has 0 radical (unpaired) electrons. The van der Waals surface area contributed by atoms with Gasteiger partial charge < -0.3 is 15.1 Å². The van der Waals surface area contributed by atoms with Crippen molar-refractivity contribution in [3.8, 4) is 5.82 Å². The second-order valence-electron chi connectivity index (χ2n) is 4.80. The van der Waals surface area contributed by atoms with Gasteiger partial charge in [0, 0.05) is 37.7 Å². The topological polar surface area (TPSA) is 80.3 Å². The number of aliphatic imine (C=N–C) groups is 1. The molecule has 2 N–H and O–H groups in total. The second kappa shape index (κ2) is 7.26. The van der Waals surface area contributed by atoms with Crippen LogP contribution in [0.4, 0.5) is 0 Å². The Kier molecular flexibility index (Phi) is 4.68. The van der Waals surface area contributed by atoms with Crippen molar-refractivity contribution in [3.63, 3.8) is 0 Å². The molecular weight excluding hydrogens is 292 g/mol. The molecule has 7 heteroatoms. The molecule has 0 aliphatic carbocycles. The van der Waals surface area contributed by atoms with Crippen LogP contribution in [0.15, 0.2) is 64.6 Å². The fourth-order valence-electron chi connectivity index (χ4n) is 2.15. The maximum absolute atomic E-state index is 5.29. The van der Waals surface area contributed by atoms with E-state index in [9.17, 15) is 0 Å². The molecule has 0 saturated heterocycles. The molecule has 3 aromatic heterocycles. The molecule has 0 atom stereocenters. The van der Waals surface area contributed by atoms with Crippen LogP contribution in [0.2, 0.25) is 0 Å². The van der Waals surface area contributed by atoms with Gasteiger partial charge in [-0.1, -0.05) is 6.07 Å². The summed E-state index contributed by atoms with van der Waals surface area (Å²) in [6.07, 6.45) is 7.01. The lowest BCUT2D eigenvalue weighted by Crippen LogP contribution is -2.36. The van der Waals surface area contributed by atoms with Gasteiger partial charge in [0.1, 0.15) is 5.76 Å². The van der Waals surface area contributed by atoms with Crippen LogP contribution >= 0.6 is 0 Å². The van der Waals surface area contributed by atoms with Crippen molar-refractivity contribution in [2.75, 3.05) is 7.05 Å². The lowest BCUT2D eigenvalue weighted by atomic mass is 10.2. The predicted octanol–water partition coefficient (Wildman–Crippen LogP) is 1.73. The molecule has 0 fully saturated rings. The van der Waals surface area contributed by atoms with Gasteiger partial charge in [0.15, 0.2) is 11.8 Å². The molecular formula is C16H18N6O. The van der Waals surface area contributed by atoms with Crippen LogP contribution < -0.4 is 10.6 Å². The molecule has 3 aromatic rings. The SMILES string of the molecule is CN=C(NCc1ccco1)NCc1cccnc1-n1cccn1. The Bertz CT molecular complexity index is 749. The first kappa shape index (κ1) is 14.8. The number of aromatic nitrogens is 3. The number of hydrogen-bond acceptors (Lipinski definition) is 4. The highest BCUT2D eigenvalue weighted by molar-refractivity contribution is 5.79. The van der Waals surface area contributed by atoms with E-state index in [4.69, 9.17) is 4.42 Å². The van der Waals surface area contributed by atoms with E-state index < -0.39 is 0 Å². The van der Waals surface area contributed by atoms with Crippen molar-refractivity contribution in [1.29, 1.82) is 0 Å². The van der Waals surface area contributed by atoms with Crippen molar-refractivity contribution < 1.29 is 4.42 Å². The summed E-state index contributed by atoms with van der Waals surface area (Å²) in [6, 6.07) is 9.56. The van der Waals surface area contributed by atoms with Crippen LogP contribution in [-0.4, -0.2) is 27.8 Å². The van der Waals surface area contributed by atoms with Gasteiger partial charge in [-0.15, -0.1) is 0 Å². The van der Waals surface area contributed by atoms with Crippen LogP contribution in [0, 0.1) is 0 Å². The number of pyridine rings is 1. The summed E-state index contributed by atoms with van der Waals surface area (Å²) in [7, 11) is 1.73. The van der Waals surface area contributed by atoms with Crippen LogP contribution in [0.5, 0.6) is 0 Å². The minimum atomic E-state index is 0.575. The molecule has 3 heterocycles. The number of rotatable bonds is 5. The van der Waals surface area contributed by atoms with Crippen molar-refractivity contribution in [3.05, 3.63) is 66.5 Å². The number of hydrogen-bond donors (Lipinski definition) is 2. The van der Waals surface area contributed by atoms with E-state index in [0.29, 0.717) is 19.0 Å². The van der Waals surface area contributed by atoms with Crippen LogP contribution in [-0.2, 0) is 13.1 Å². The summed E-state index contributed by atoms with van der Waals surface area (Å²) < 4.78 is 7.04. The minimum Gasteiger partial charge on any atom is -0.467 e. The highest BCUT2D eigenvalue weighted by atomic mass is 16.3. The van der Waals surface area contributed by atoms with Crippen LogP contribution in [0.1, 0.15) is 11.3 Å². The van der Waals surface area contributed by atoms with Gasteiger partial charge in [0.25, 0.3) is 0 Å². The quantitative estimate of drug-likeness (QED) is 0.554. The van der Waals surface area contributed by atoms with Gasteiger partial charge in [0.05, 0.1) is 12.8 Å². The number of nitrogens with one attached hydrogen (secondary N) is 2. The second-order valence-corrected chi connectivity index (χ2v) is 4.80. The Morgan fingerprint density at radius 3 is 2.83 bits per heavy atom. The average molecular weight is 310 g/mol. The largest absolute Gasteiger partial charge is 0.467 e. The van der Waals surface area contributed by atoms with Gasteiger partial charge in [0.2, 0.25) is 0 Å². The first-order valence-corrected chi connectivity index (χ1v) is 7.27. The Balaban J connectivity index is 1.63. The van der Waals surface area contributed by atoms with E-state index in [0.717, 1.165) is 17.1 Å². The van der Waals surface area contributed by atoms with Gasteiger partial charge in [-0.3, -0.25) is 4.99 Å². The molecule has 0 aromatic carbocycles. The zero-order valence-electron chi connectivity index (χ0n) is 12.8. The number of nitrogens with zero attached hydrogens (tertiary/aromatic N) is 4. The minimum absolute atomic E-state index is 0.575. The third kappa shape index (κ3) is 3.76. The van der Waals surface area contributed by atoms with Crippen LogP contribution in [0.25, 0.3) is 5.82 Å². The zero-order valence-corrected chi connectivity index (χ0v) is 12.8. The Hall–Kier alpha value is -3.09. The van der Waals surface area contributed by atoms with Gasteiger partial charge in [-0.05, 0) is 24.3 Å². The summed E-state index contributed by atoms with van der Waals surface area (Å²) in [6.45, 7) is 1.16. The van der Waals surface area contributed by atoms with E-state index in [2.05, 4.69) is 25.7 Å². The average Bonchev–Trinajstić information content (AvgIpc) is 3.29. The van der Waals surface area contributed by atoms with Gasteiger partial charge in [-0.2, -0.15) is 5.10 Å². The lowest BCUT2D eigenvalue weighted by molar-refractivity contribution is 0.501. The third-order valence-electron chi connectivity index (χ3n) is 3.27. The van der Waals surface area contributed by atoms with E-state index in [1.165, 1.54) is 0 Å². The summed E-state index contributed by atoms with van der Waals surface area (Å²) in [4.78, 5) is 8.60. The zero-order chi connectivity index (χ0) is 15.9. The van der Waals surface area contributed by atoms with E-state index >= 15 is 0 Å². The summed E-state index contributed by atoms with van der Waals surface area (Å²) in [5.41, 5.74) is 1.03. The van der Waals surface area contributed by atoms with Gasteiger partial charge in [-0.25, -0.2) is 9.67 Å². The molecule has 7 nitrogen and oxygen atoms in total. The fraction of sp³-hybridized carbons (Fsp3) is 0.188. The Morgan fingerprint density at radius 2 is 2.09 bits per heavy atom. The van der Waals surface area contributed by atoms with E-state index in [1.54, 1.807) is 30.4 Å². The van der Waals surface area contributed by atoms with Gasteiger partial charge >= 0.3 is 0 Å². The first-order valence-electron chi connectivity index (χ1n) is 7.27. The molecule has 0 bridgehead atoms. The van der Waals surface area contributed by atoms with Crippen molar-refractivity contribution in [2.45, 2.75) is 13.1 Å². The Labute approximate surface area is 134 Å². The predicted molar refractivity (Wildman–Crippen MR) is 87.1 cm³/mol. The summed E-state index contributed by atoms with van der Waals surface area (Å²) in [5.74, 6) is 2.34. The molecule has 0 unspecified atom stereocenters. The Morgan fingerprint density at radius 1 is 1.17 bits per heavy atom. The fourth-order valence-corrected chi connectivity index (χ4v) is 2.15. The maximum Gasteiger partial charge on any atom is 0.191 e. The standard InChI is InChI=1S/C16H18N6O/c1-17-16(20-12-14-6-3-10-23-14)19-11-13-5-2-7-18-15(13)22-9-4-8-21-22/h2-10H,11-12H2,1H3,(H2,17,19,20). The highest BCUT2D eigenvalue weighted by Gasteiger charge is 2.07. The maximum atomic E-state index is 5.29. The highest BCUT2D eigenvalue weighted by Crippen LogP contribution is 2.09. The molecule has 0 aliphatic heterocycles. The van der Waals surface area contributed by atoms with Crippen molar-refractivity contribution in [2.24, 2.45) is 4.99 Å². The lowest BCUT2D eigenvalue weighted by Gasteiger charge is -2.13. The van der Waals surface area contributed by atoms with E-state index in [1.807, 2.05) is 36.5 Å².